The number of hydrogen-bond donors (Lipinski definition) is 3. The second kappa shape index (κ2) is 8.54. The van der Waals surface area contributed by atoms with Crippen LogP contribution < -0.4 is 5.73 Å². The van der Waals surface area contributed by atoms with Gasteiger partial charge in [0.05, 0.1) is 22.4 Å². The van der Waals surface area contributed by atoms with Gasteiger partial charge in [0, 0.05) is 10.8 Å². The average Bonchev–Trinajstić information content (AvgIpc) is 3.25. The lowest BCUT2D eigenvalue weighted by molar-refractivity contribution is 0.484. The molecule has 168 valence electrons. The molecule has 0 aliphatic carbocycles. The third kappa shape index (κ3) is 4.29. The minimum atomic E-state index is -4.47. The van der Waals surface area contributed by atoms with Crippen molar-refractivity contribution in [3.05, 3.63) is 90.3 Å². The second-order valence-corrected chi connectivity index (χ2v) is 8.98. The van der Waals surface area contributed by atoms with Gasteiger partial charge >= 0.3 is 0 Å². The van der Waals surface area contributed by atoms with E-state index in [1.54, 1.807) is 36.4 Å². The van der Waals surface area contributed by atoms with Gasteiger partial charge in [-0.05, 0) is 42.0 Å². The number of imidazole rings is 1. The van der Waals surface area contributed by atoms with Crippen LogP contribution in [0.5, 0.6) is 0 Å². The fourth-order valence-corrected chi connectivity index (χ4v) is 4.35. The van der Waals surface area contributed by atoms with Gasteiger partial charge < -0.3 is 10.7 Å². The molecule has 34 heavy (non-hydrogen) atoms. The zero-order valence-electron chi connectivity index (χ0n) is 17.8. The molecule has 0 atom stereocenters. The van der Waals surface area contributed by atoms with Crippen LogP contribution in [0.4, 0.5) is 17.1 Å². The highest BCUT2D eigenvalue weighted by molar-refractivity contribution is 7.86. The number of rotatable bonds is 5. The van der Waals surface area contributed by atoms with Gasteiger partial charge in [0.25, 0.3) is 10.1 Å². The molecule has 5 rings (SSSR count). The van der Waals surface area contributed by atoms with E-state index in [0.717, 1.165) is 22.4 Å². The molecule has 0 amide bonds. The Bertz CT molecular complexity index is 1650. The van der Waals surface area contributed by atoms with Crippen molar-refractivity contribution in [2.45, 2.75) is 4.90 Å². The smallest absolute Gasteiger partial charge is 0.295 e. The van der Waals surface area contributed by atoms with E-state index in [9.17, 15) is 13.0 Å². The molecule has 4 N–H and O–H groups in total. The number of H-pyrrole nitrogens is 1. The minimum absolute atomic E-state index is 0.153. The van der Waals surface area contributed by atoms with Gasteiger partial charge in [-0.2, -0.15) is 13.5 Å². The molecule has 0 bridgehead atoms. The molecule has 4 aromatic carbocycles. The number of anilines is 1. The minimum Gasteiger partial charge on any atom is -0.396 e. The first kappa shape index (κ1) is 21.5. The first-order valence-corrected chi connectivity index (χ1v) is 11.8. The molecule has 0 saturated heterocycles. The number of hydrogen-bond acceptors (Lipinski definition) is 6. The highest BCUT2D eigenvalue weighted by Gasteiger charge is 2.18. The van der Waals surface area contributed by atoms with Crippen molar-refractivity contribution in [2.24, 2.45) is 10.2 Å². The Morgan fingerprint density at radius 1 is 0.882 bits per heavy atom. The summed E-state index contributed by atoms with van der Waals surface area (Å²) in [5.74, 6) is 0.756. The number of benzene rings is 4. The zero-order valence-corrected chi connectivity index (χ0v) is 18.6. The number of nitrogens with two attached hydrogens (primary N) is 1. The molecule has 0 aliphatic rings. The number of nitrogens with zero attached hydrogens (tertiary/aromatic N) is 3. The maximum atomic E-state index is 11.9. The van der Waals surface area contributed by atoms with Gasteiger partial charge in [0.15, 0.2) is 0 Å². The van der Waals surface area contributed by atoms with Crippen LogP contribution in [-0.4, -0.2) is 22.9 Å². The molecule has 0 aliphatic heterocycles. The van der Waals surface area contributed by atoms with Crippen LogP contribution in [0.3, 0.4) is 0 Å². The quantitative estimate of drug-likeness (QED) is 0.162. The normalized spacial score (nSPS) is 12.4. The Hall–Kier alpha value is -4.34. The van der Waals surface area contributed by atoms with Crippen LogP contribution in [0.2, 0.25) is 0 Å². The SMILES string of the molecule is Nc1c(N=Nc2ccc(/C=C/c3nc4ccccc4[nH]3)cc2)cc(S(=O)(=O)O)c2ccccc12. The van der Waals surface area contributed by atoms with Gasteiger partial charge in [0.2, 0.25) is 0 Å². The van der Waals surface area contributed by atoms with Gasteiger partial charge in [-0.1, -0.05) is 54.6 Å². The van der Waals surface area contributed by atoms with Gasteiger partial charge in [0.1, 0.15) is 16.4 Å². The highest BCUT2D eigenvalue weighted by Crippen LogP contribution is 2.36. The summed E-state index contributed by atoms with van der Waals surface area (Å²) in [7, 11) is -4.47. The summed E-state index contributed by atoms with van der Waals surface area (Å²) in [6.45, 7) is 0. The molecule has 5 aromatic rings. The Morgan fingerprint density at radius 3 is 2.32 bits per heavy atom. The highest BCUT2D eigenvalue weighted by atomic mass is 32.2. The third-order valence-corrected chi connectivity index (χ3v) is 6.21. The molecular formula is C25H19N5O3S. The average molecular weight is 470 g/mol. The van der Waals surface area contributed by atoms with Gasteiger partial charge in [-0.15, -0.1) is 5.11 Å². The van der Waals surface area contributed by atoms with Crippen molar-refractivity contribution >= 4 is 61.1 Å². The zero-order chi connectivity index (χ0) is 23.7. The Balaban J connectivity index is 1.40. The number of azo groups is 1. The van der Waals surface area contributed by atoms with Crippen LogP contribution in [0.15, 0.2) is 94.0 Å². The molecule has 0 fully saturated rings. The number of nitrogen functional groups attached to an aromatic ring is 1. The van der Waals surface area contributed by atoms with E-state index in [4.69, 9.17) is 5.73 Å². The maximum absolute atomic E-state index is 11.9. The van der Waals surface area contributed by atoms with E-state index < -0.39 is 10.1 Å². The lowest BCUT2D eigenvalue weighted by atomic mass is 10.1. The fraction of sp³-hybridized carbons (Fsp3) is 0. The molecular weight excluding hydrogens is 450 g/mol. The van der Waals surface area contributed by atoms with E-state index >= 15 is 0 Å². The van der Waals surface area contributed by atoms with E-state index in [2.05, 4.69) is 20.2 Å². The molecule has 1 aromatic heterocycles. The maximum Gasteiger partial charge on any atom is 0.295 e. The summed E-state index contributed by atoms with van der Waals surface area (Å²) >= 11 is 0. The number of para-hydroxylation sites is 2. The van der Waals surface area contributed by atoms with Crippen LogP contribution in [0.1, 0.15) is 11.4 Å². The summed E-state index contributed by atoms with van der Waals surface area (Å²) in [5, 5.41) is 9.11. The topological polar surface area (TPSA) is 134 Å². The summed E-state index contributed by atoms with van der Waals surface area (Å²) < 4.78 is 33.4. The standard InChI is InChI=1S/C25H19N5O3S/c26-25-19-6-2-1-5-18(19)23(34(31,32)33)15-22(25)30-29-17-12-9-16(10-13-17)11-14-24-27-20-7-3-4-8-21(20)28-24/h1-15H,26H2,(H,27,28)(H,31,32,33)/b14-11+,30-29?. The molecule has 8 nitrogen and oxygen atoms in total. The molecule has 1 heterocycles. The Labute approximate surface area is 195 Å². The molecule has 0 saturated carbocycles. The largest absolute Gasteiger partial charge is 0.396 e. The van der Waals surface area contributed by atoms with E-state index in [0.29, 0.717) is 16.5 Å². The lowest BCUT2D eigenvalue weighted by Gasteiger charge is -2.09. The predicted octanol–water partition coefficient (Wildman–Crippen LogP) is 6.13. The molecule has 0 spiro atoms. The van der Waals surface area contributed by atoms with Crippen molar-refractivity contribution in [2.75, 3.05) is 5.73 Å². The van der Waals surface area contributed by atoms with Gasteiger partial charge in [-0.25, -0.2) is 4.98 Å². The van der Waals surface area contributed by atoms with Gasteiger partial charge in [-0.3, -0.25) is 4.55 Å². The Morgan fingerprint density at radius 2 is 1.59 bits per heavy atom. The van der Waals surface area contributed by atoms with E-state index in [-0.39, 0.29) is 16.3 Å². The fourth-order valence-electron chi connectivity index (χ4n) is 3.64. The summed E-state index contributed by atoms with van der Waals surface area (Å²) in [6, 6.07) is 23.0. The van der Waals surface area contributed by atoms with Crippen molar-refractivity contribution in [3.63, 3.8) is 0 Å². The first-order chi connectivity index (χ1) is 16.4. The van der Waals surface area contributed by atoms with Crippen molar-refractivity contribution in [1.82, 2.24) is 9.97 Å². The molecule has 0 radical (unpaired) electrons. The Kier molecular flexibility index (Phi) is 5.40. The third-order valence-electron chi connectivity index (χ3n) is 5.31. The van der Waals surface area contributed by atoms with Crippen LogP contribution in [-0.2, 0) is 10.1 Å². The monoisotopic (exact) mass is 469 g/mol. The number of nitrogens with one attached hydrogen (secondary N) is 1. The summed E-state index contributed by atoms with van der Waals surface area (Å²) in [5.41, 5.74) is 10.0. The number of aromatic nitrogens is 2. The summed E-state index contributed by atoms with van der Waals surface area (Å²) in [6.07, 6.45) is 3.82. The van der Waals surface area contributed by atoms with E-state index in [1.807, 2.05) is 48.6 Å². The molecule has 9 heteroatoms. The van der Waals surface area contributed by atoms with Crippen molar-refractivity contribution in [3.8, 4) is 0 Å². The lowest BCUT2D eigenvalue weighted by Crippen LogP contribution is -2.01. The second-order valence-electron chi connectivity index (χ2n) is 7.59. The van der Waals surface area contributed by atoms with Crippen molar-refractivity contribution < 1.29 is 13.0 Å². The van der Waals surface area contributed by atoms with Crippen LogP contribution in [0.25, 0.3) is 34.0 Å². The van der Waals surface area contributed by atoms with Crippen LogP contribution in [0, 0.1) is 0 Å². The number of aromatic amines is 1. The van der Waals surface area contributed by atoms with Crippen LogP contribution >= 0.6 is 0 Å². The number of fused-ring (bicyclic) bond motifs is 2. The van der Waals surface area contributed by atoms with Crippen molar-refractivity contribution in [1.29, 1.82) is 0 Å². The predicted molar refractivity (Wildman–Crippen MR) is 134 cm³/mol. The first-order valence-electron chi connectivity index (χ1n) is 10.3. The summed E-state index contributed by atoms with van der Waals surface area (Å²) in [4.78, 5) is 7.49. The molecule has 0 unspecified atom stereocenters. The van der Waals surface area contributed by atoms with E-state index in [1.165, 1.54) is 6.07 Å².